The average molecular weight is 236 g/mol. The monoisotopic (exact) mass is 236 g/mol. The number of amides is 2. The van der Waals surface area contributed by atoms with Gasteiger partial charge in [-0.3, -0.25) is 14.6 Å². The highest BCUT2D eigenvalue weighted by Crippen LogP contribution is 2.10. The molecule has 92 valence electrons. The Labute approximate surface area is 99.4 Å². The van der Waals surface area contributed by atoms with E-state index in [1.54, 1.807) is 24.5 Å². The van der Waals surface area contributed by atoms with Crippen molar-refractivity contribution in [2.24, 2.45) is 11.5 Å². The van der Waals surface area contributed by atoms with Gasteiger partial charge in [0.2, 0.25) is 11.8 Å². The molecule has 0 aliphatic heterocycles. The number of carbonyl (C=O) groups is 2. The van der Waals surface area contributed by atoms with Crippen LogP contribution in [-0.4, -0.2) is 22.8 Å². The molecule has 0 aliphatic carbocycles. The van der Waals surface area contributed by atoms with E-state index >= 15 is 0 Å². The van der Waals surface area contributed by atoms with Gasteiger partial charge in [-0.15, -0.1) is 0 Å². The molecule has 0 saturated heterocycles. The van der Waals surface area contributed by atoms with E-state index in [1.165, 1.54) is 0 Å². The minimum Gasteiger partial charge on any atom is -0.370 e. The molecule has 2 atom stereocenters. The third-order valence-corrected chi connectivity index (χ3v) is 2.32. The van der Waals surface area contributed by atoms with Crippen LogP contribution in [0.15, 0.2) is 24.5 Å². The van der Waals surface area contributed by atoms with Crippen LogP contribution in [0.25, 0.3) is 0 Å². The van der Waals surface area contributed by atoms with E-state index in [1.807, 2.05) is 6.92 Å². The van der Waals surface area contributed by atoms with Gasteiger partial charge in [0.15, 0.2) is 0 Å². The maximum Gasteiger partial charge on any atom is 0.237 e. The molecular weight excluding hydrogens is 220 g/mol. The van der Waals surface area contributed by atoms with Crippen LogP contribution in [0.3, 0.4) is 0 Å². The van der Waals surface area contributed by atoms with Crippen molar-refractivity contribution in [3.63, 3.8) is 0 Å². The summed E-state index contributed by atoms with van der Waals surface area (Å²) in [7, 11) is 0. The quantitative estimate of drug-likeness (QED) is 0.637. The molecule has 1 unspecified atom stereocenters. The van der Waals surface area contributed by atoms with Crippen molar-refractivity contribution in [1.82, 2.24) is 10.3 Å². The van der Waals surface area contributed by atoms with Crippen molar-refractivity contribution in [3.8, 4) is 0 Å². The van der Waals surface area contributed by atoms with Gasteiger partial charge in [0.05, 0.1) is 18.5 Å². The Bertz CT molecular complexity index is 394. The molecule has 0 fully saturated rings. The van der Waals surface area contributed by atoms with Gasteiger partial charge in [0, 0.05) is 12.4 Å². The summed E-state index contributed by atoms with van der Waals surface area (Å²) >= 11 is 0. The number of pyridine rings is 1. The number of nitrogens with zero attached hydrogens (tertiary/aromatic N) is 1. The first-order valence-corrected chi connectivity index (χ1v) is 5.25. The smallest absolute Gasteiger partial charge is 0.237 e. The van der Waals surface area contributed by atoms with Crippen LogP contribution in [-0.2, 0) is 9.59 Å². The SMILES string of the molecule is C[C@H](NC(=O)C(N)CC(N)=O)c1ccncc1. The summed E-state index contributed by atoms with van der Waals surface area (Å²) in [6, 6.07) is 2.50. The number of carbonyl (C=O) groups excluding carboxylic acids is 2. The summed E-state index contributed by atoms with van der Waals surface area (Å²) in [4.78, 5) is 26.1. The Kier molecular flexibility index (Phi) is 4.59. The van der Waals surface area contributed by atoms with Crippen LogP contribution in [0, 0.1) is 0 Å². The fourth-order valence-electron chi connectivity index (χ4n) is 1.37. The molecule has 1 aromatic heterocycles. The molecule has 17 heavy (non-hydrogen) atoms. The van der Waals surface area contributed by atoms with Crippen molar-refractivity contribution < 1.29 is 9.59 Å². The fraction of sp³-hybridized carbons (Fsp3) is 0.364. The minimum absolute atomic E-state index is 0.158. The number of nitrogens with one attached hydrogen (secondary N) is 1. The predicted octanol–water partition coefficient (Wildman–Crippen LogP) is -0.538. The summed E-state index contributed by atoms with van der Waals surface area (Å²) in [5, 5.41) is 2.70. The van der Waals surface area contributed by atoms with E-state index in [0.717, 1.165) is 5.56 Å². The highest BCUT2D eigenvalue weighted by molar-refractivity contribution is 5.87. The number of hydrogen-bond acceptors (Lipinski definition) is 4. The summed E-state index contributed by atoms with van der Waals surface area (Å²) in [5.74, 6) is -0.989. The lowest BCUT2D eigenvalue weighted by Gasteiger charge is -2.16. The summed E-state index contributed by atoms with van der Waals surface area (Å²) in [6.07, 6.45) is 3.12. The predicted molar refractivity (Wildman–Crippen MR) is 62.6 cm³/mol. The fourth-order valence-corrected chi connectivity index (χ4v) is 1.37. The Hall–Kier alpha value is -1.95. The first kappa shape index (κ1) is 13.1. The van der Waals surface area contributed by atoms with Crippen molar-refractivity contribution >= 4 is 11.8 Å². The largest absolute Gasteiger partial charge is 0.370 e. The zero-order valence-electron chi connectivity index (χ0n) is 9.59. The molecule has 1 aromatic rings. The normalized spacial score (nSPS) is 13.8. The first-order valence-electron chi connectivity index (χ1n) is 5.25. The molecule has 6 heteroatoms. The van der Waals surface area contributed by atoms with Crippen LogP contribution in [0.1, 0.15) is 24.9 Å². The molecule has 2 amide bonds. The van der Waals surface area contributed by atoms with E-state index in [-0.39, 0.29) is 12.5 Å². The summed E-state index contributed by atoms with van der Waals surface area (Å²) in [6.45, 7) is 1.82. The standard InChI is InChI=1S/C11H16N4O2/c1-7(8-2-4-14-5-3-8)15-11(17)9(12)6-10(13)16/h2-5,7,9H,6,12H2,1H3,(H2,13,16)(H,15,17)/t7-,9?/m0/s1. The van der Waals surface area contributed by atoms with Gasteiger partial charge < -0.3 is 16.8 Å². The van der Waals surface area contributed by atoms with Gasteiger partial charge in [-0.2, -0.15) is 0 Å². The van der Waals surface area contributed by atoms with E-state index in [9.17, 15) is 9.59 Å². The molecule has 0 bridgehead atoms. The van der Waals surface area contributed by atoms with Gasteiger partial charge >= 0.3 is 0 Å². The molecule has 1 rings (SSSR count). The average Bonchev–Trinajstić information content (AvgIpc) is 2.29. The molecule has 6 nitrogen and oxygen atoms in total. The third kappa shape index (κ3) is 4.20. The third-order valence-electron chi connectivity index (χ3n) is 2.32. The second kappa shape index (κ2) is 5.95. The van der Waals surface area contributed by atoms with E-state index in [2.05, 4.69) is 10.3 Å². The zero-order valence-corrected chi connectivity index (χ0v) is 9.59. The number of aromatic nitrogens is 1. The molecule has 0 aromatic carbocycles. The van der Waals surface area contributed by atoms with Gasteiger partial charge in [-0.1, -0.05) is 0 Å². The second-order valence-electron chi connectivity index (χ2n) is 3.79. The molecule has 5 N–H and O–H groups in total. The Balaban J connectivity index is 2.54. The lowest BCUT2D eigenvalue weighted by molar-refractivity contribution is -0.126. The highest BCUT2D eigenvalue weighted by Gasteiger charge is 2.18. The van der Waals surface area contributed by atoms with Gasteiger partial charge in [-0.05, 0) is 24.6 Å². The number of nitrogens with two attached hydrogens (primary N) is 2. The van der Waals surface area contributed by atoms with Crippen molar-refractivity contribution in [2.45, 2.75) is 25.4 Å². The minimum atomic E-state index is -0.906. The first-order chi connectivity index (χ1) is 8.00. The van der Waals surface area contributed by atoms with E-state index < -0.39 is 17.9 Å². The van der Waals surface area contributed by atoms with Crippen LogP contribution < -0.4 is 16.8 Å². The lowest BCUT2D eigenvalue weighted by atomic mass is 10.1. The zero-order chi connectivity index (χ0) is 12.8. The van der Waals surface area contributed by atoms with E-state index in [4.69, 9.17) is 11.5 Å². The van der Waals surface area contributed by atoms with Crippen LogP contribution >= 0.6 is 0 Å². The van der Waals surface area contributed by atoms with Crippen molar-refractivity contribution in [1.29, 1.82) is 0 Å². The van der Waals surface area contributed by atoms with Gasteiger partial charge in [0.1, 0.15) is 0 Å². The number of hydrogen-bond donors (Lipinski definition) is 3. The molecular formula is C11H16N4O2. The van der Waals surface area contributed by atoms with Crippen molar-refractivity contribution in [2.75, 3.05) is 0 Å². The highest BCUT2D eigenvalue weighted by atomic mass is 16.2. The van der Waals surface area contributed by atoms with Crippen LogP contribution in [0.5, 0.6) is 0 Å². The number of rotatable bonds is 5. The van der Waals surface area contributed by atoms with Crippen LogP contribution in [0.2, 0.25) is 0 Å². The molecule has 0 spiro atoms. The summed E-state index contributed by atoms with van der Waals surface area (Å²) < 4.78 is 0. The van der Waals surface area contributed by atoms with Crippen LogP contribution in [0.4, 0.5) is 0 Å². The number of primary amides is 1. The molecule has 0 aliphatic rings. The van der Waals surface area contributed by atoms with E-state index in [0.29, 0.717) is 0 Å². The molecule has 0 saturated carbocycles. The molecule has 0 radical (unpaired) electrons. The topological polar surface area (TPSA) is 111 Å². The Morgan fingerprint density at radius 3 is 2.53 bits per heavy atom. The van der Waals surface area contributed by atoms with Crippen molar-refractivity contribution in [3.05, 3.63) is 30.1 Å². The Morgan fingerprint density at radius 1 is 1.41 bits per heavy atom. The van der Waals surface area contributed by atoms with Gasteiger partial charge in [-0.25, -0.2) is 0 Å². The summed E-state index contributed by atoms with van der Waals surface area (Å²) in [5.41, 5.74) is 11.4. The maximum absolute atomic E-state index is 11.6. The Morgan fingerprint density at radius 2 is 2.00 bits per heavy atom. The lowest BCUT2D eigenvalue weighted by Crippen LogP contribution is -2.43. The van der Waals surface area contributed by atoms with Gasteiger partial charge in [0.25, 0.3) is 0 Å². The maximum atomic E-state index is 11.6. The molecule has 1 heterocycles. The second-order valence-corrected chi connectivity index (χ2v) is 3.79.